The Morgan fingerprint density at radius 1 is 1.03 bits per heavy atom. The number of hydrogen-bond donors (Lipinski definition) is 0. The Morgan fingerprint density at radius 3 is 2.52 bits per heavy atom. The summed E-state index contributed by atoms with van der Waals surface area (Å²) in [5, 5.41) is 0. The first-order valence-electron chi connectivity index (χ1n) is 10.9. The molecule has 0 fully saturated rings. The maximum atomic E-state index is 13.4. The van der Waals surface area contributed by atoms with E-state index in [1.807, 2.05) is 12.2 Å². The molecule has 4 rings (SSSR count). The van der Waals surface area contributed by atoms with E-state index in [0.29, 0.717) is 5.78 Å². The standard InChI is InChI=1S/C28H30O/c1-4-20-14-15-23(16-21(20)5-2)24-17-26(25-13-9-6-10-19(25)3)27(18-24)28(29)22-11-7-8-12-22/h6-11,13-16,18,26-27H,4-5,12,17H2,1-3H3. The normalized spacial score (nSPS) is 20.7. The zero-order valence-electron chi connectivity index (χ0n) is 17.7. The minimum Gasteiger partial charge on any atom is -0.294 e. The van der Waals surface area contributed by atoms with Crippen molar-refractivity contribution in [1.82, 2.24) is 0 Å². The van der Waals surface area contributed by atoms with Crippen LogP contribution in [0.15, 0.2) is 72.3 Å². The molecule has 2 aliphatic carbocycles. The topological polar surface area (TPSA) is 17.1 Å². The summed E-state index contributed by atoms with van der Waals surface area (Å²) in [5.74, 6) is 0.434. The van der Waals surface area contributed by atoms with Gasteiger partial charge in [-0.2, -0.15) is 0 Å². The summed E-state index contributed by atoms with van der Waals surface area (Å²) in [4.78, 5) is 13.4. The van der Waals surface area contributed by atoms with Crippen LogP contribution in [-0.4, -0.2) is 5.78 Å². The lowest BCUT2D eigenvalue weighted by molar-refractivity contribution is -0.118. The summed E-state index contributed by atoms with van der Waals surface area (Å²) in [6, 6.07) is 15.4. The molecular formula is C28H30O. The van der Waals surface area contributed by atoms with E-state index in [2.05, 4.69) is 75.4 Å². The van der Waals surface area contributed by atoms with E-state index in [1.165, 1.54) is 33.4 Å². The van der Waals surface area contributed by atoms with Crippen molar-refractivity contribution in [2.75, 3.05) is 0 Å². The quantitative estimate of drug-likeness (QED) is 0.539. The molecule has 0 radical (unpaired) electrons. The second kappa shape index (κ2) is 8.37. The molecule has 29 heavy (non-hydrogen) atoms. The van der Waals surface area contributed by atoms with E-state index in [0.717, 1.165) is 31.3 Å². The maximum Gasteiger partial charge on any atom is 0.166 e. The average molecular weight is 383 g/mol. The lowest BCUT2D eigenvalue weighted by Crippen LogP contribution is -2.19. The first kappa shape index (κ1) is 19.6. The molecule has 1 nitrogen and oxygen atoms in total. The second-order valence-electron chi connectivity index (χ2n) is 8.26. The smallest absolute Gasteiger partial charge is 0.166 e. The first-order chi connectivity index (χ1) is 14.1. The molecule has 0 N–H and O–H groups in total. The number of ketones is 1. The molecule has 2 atom stereocenters. The monoisotopic (exact) mass is 382 g/mol. The van der Waals surface area contributed by atoms with Gasteiger partial charge in [-0.25, -0.2) is 0 Å². The lowest BCUT2D eigenvalue weighted by Gasteiger charge is -2.21. The number of allylic oxidation sites excluding steroid dienone is 6. The summed E-state index contributed by atoms with van der Waals surface area (Å²) in [6.45, 7) is 6.61. The molecule has 1 heteroatoms. The fraction of sp³-hybridized carbons (Fsp3) is 0.321. The Morgan fingerprint density at radius 2 is 1.83 bits per heavy atom. The van der Waals surface area contributed by atoms with Crippen LogP contribution in [0.25, 0.3) is 5.57 Å². The van der Waals surface area contributed by atoms with Gasteiger partial charge in [-0.3, -0.25) is 4.79 Å². The fourth-order valence-corrected chi connectivity index (χ4v) is 4.89. The molecule has 0 spiro atoms. The molecule has 0 saturated carbocycles. The van der Waals surface area contributed by atoms with Gasteiger partial charge in [-0.05, 0) is 71.6 Å². The SMILES string of the molecule is CCc1ccc(C2=CC(C(=O)C3=CC=CC3)C(c3ccccc3C)C2)cc1CC. The number of rotatable bonds is 6. The van der Waals surface area contributed by atoms with Gasteiger partial charge in [-0.15, -0.1) is 0 Å². The van der Waals surface area contributed by atoms with Crippen LogP contribution in [0.3, 0.4) is 0 Å². The first-order valence-corrected chi connectivity index (χ1v) is 10.9. The minimum absolute atomic E-state index is 0.0758. The molecule has 0 bridgehead atoms. The van der Waals surface area contributed by atoms with Crippen LogP contribution < -0.4 is 0 Å². The van der Waals surface area contributed by atoms with Gasteiger partial charge in [0.15, 0.2) is 5.78 Å². The van der Waals surface area contributed by atoms with Gasteiger partial charge in [0.1, 0.15) is 0 Å². The van der Waals surface area contributed by atoms with Crippen LogP contribution in [0.5, 0.6) is 0 Å². The average Bonchev–Trinajstić information content (AvgIpc) is 3.43. The molecule has 148 valence electrons. The molecule has 2 aliphatic rings. The molecule has 0 aliphatic heterocycles. The highest BCUT2D eigenvalue weighted by atomic mass is 16.1. The van der Waals surface area contributed by atoms with Gasteiger partial charge in [-0.1, -0.05) is 80.6 Å². The summed E-state index contributed by atoms with van der Waals surface area (Å²) in [6.07, 6.45) is 12.1. The molecule has 0 saturated heterocycles. The molecule has 2 aromatic carbocycles. The van der Waals surface area contributed by atoms with Crippen molar-refractivity contribution in [3.63, 3.8) is 0 Å². The highest BCUT2D eigenvalue weighted by molar-refractivity contribution is 6.01. The van der Waals surface area contributed by atoms with E-state index in [9.17, 15) is 4.79 Å². The Bertz CT molecular complexity index is 1020. The molecule has 0 aromatic heterocycles. The predicted octanol–water partition coefficient (Wildman–Crippen LogP) is 6.76. The highest BCUT2D eigenvalue weighted by Crippen LogP contribution is 2.45. The Kier molecular flexibility index (Phi) is 5.67. The van der Waals surface area contributed by atoms with Crippen molar-refractivity contribution in [3.05, 3.63) is 100 Å². The summed E-state index contributed by atoms with van der Waals surface area (Å²) in [7, 11) is 0. The zero-order chi connectivity index (χ0) is 20.4. The molecule has 0 amide bonds. The van der Waals surface area contributed by atoms with E-state index in [4.69, 9.17) is 0 Å². The van der Waals surface area contributed by atoms with Crippen LogP contribution in [0.4, 0.5) is 0 Å². The van der Waals surface area contributed by atoms with Gasteiger partial charge in [0, 0.05) is 11.8 Å². The van der Waals surface area contributed by atoms with Crippen molar-refractivity contribution in [2.24, 2.45) is 5.92 Å². The van der Waals surface area contributed by atoms with E-state index in [-0.39, 0.29) is 11.8 Å². The van der Waals surface area contributed by atoms with Crippen LogP contribution in [0.2, 0.25) is 0 Å². The molecule has 2 aromatic rings. The Balaban J connectivity index is 1.73. The molecule has 2 unspecified atom stereocenters. The van der Waals surface area contributed by atoms with Crippen molar-refractivity contribution >= 4 is 11.4 Å². The Labute approximate surface area is 174 Å². The lowest BCUT2D eigenvalue weighted by atomic mass is 9.81. The summed E-state index contributed by atoms with van der Waals surface area (Å²) >= 11 is 0. The zero-order valence-corrected chi connectivity index (χ0v) is 17.7. The number of aryl methyl sites for hydroxylation is 3. The Hall–Kier alpha value is -2.67. The van der Waals surface area contributed by atoms with Crippen LogP contribution in [0.1, 0.15) is 60.4 Å². The van der Waals surface area contributed by atoms with Crippen molar-refractivity contribution in [1.29, 1.82) is 0 Å². The minimum atomic E-state index is -0.0758. The van der Waals surface area contributed by atoms with E-state index < -0.39 is 0 Å². The predicted molar refractivity (Wildman–Crippen MR) is 122 cm³/mol. The molecular weight excluding hydrogens is 352 g/mol. The van der Waals surface area contributed by atoms with Crippen LogP contribution >= 0.6 is 0 Å². The fourth-order valence-electron chi connectivity index (χ4n) is 4.89. The molecule has 0 heterocycles. The number of benzene rings is 2. The number of carbonyl (C=O) groups excluding carboxylic acids is 1. The van der Waals surface area contributed by atoms with Crippen LogP contribution in [0, 0.1) is 12.8 Å². The number of hydrogen-bond acceptors (Lipinski definition) is 1. The summed E-state index contributed by atoms with van der Waals surface area (Å²) < 4.78 is 0. The largest absolute Gasteiger partial charge is 0.294 e. The third kappa shape index (κ3) is 3.79. The highest BCUT2D eigenvalue weighted by Gasteiger charge is 2.36. The van der Waals surface area contributed by atoms with Crippen molar-refractivity contribution < 1.29 is 4.79 Å². The van der Waals surface area contributed by atoms with Gasteiger partial charge in [0.25, 0.3) is 0 Å². The van der Waals surface area contributed by atoms with E-state index in [1.54, 1.807) is 0 Å². The number of Topliss-reactive ketones (excluding diaryl/α,β-unsaturated/α-hetero) is 1. The van der Waals surface area contributed by atoms with Gasteiger partial charge in [0.2, 0.25) is 0 Å². The number of carbonyl (C=O) groups is 1. The second-order valence-corrected chi connectivity index (χ2v) is 8.26. The van der Waals surface area contributed by atoms with Gasteiger partial charge < -0.3 is 0 Å². The third-order valence-corrected chi connectivity index (χ3v) is 6.57. The van der Waals surface area contributed by atoms with E-state index >= 15 is 0 Å². The maximum absolute atomic E-state index is 13.4. The summed E-state index contributed by atoms with van der Waals surface area (Å²) in [5.41, 5.74) is 8.99. The van der Waals surface area contributed by atoms with Crippen LogP contribution in [-0.2, 0) is 17.6 Å². The van der Waals surface area contributed by atoms with Gasteiger partial charge >= 0.3 is 0 Å². The third-order valence-electron chi connectivity index (χ3n) is 6.57. The van der Waals surface area contributed by atoms with Crippen molar-refractivity contribution in [3.8, 4) is 0 Å². The van der Waals surface area contributed by atoms with Crippen molar-refractivity contribution in [2.45, 2.75) is 52.4 Å². The van der Waals surface area contributed by atoms with Gasteiger partial charge in [0.05, 0.1) is 0 Å².